The number of fused-ring (bicyclic) bond motifs is 1. The minimum absolute atomic E-state index is 0.0900. The summed E-state index contributed by atoms with van der Waals surface area (Å²) in [6.07, 6.45) is 0.877. The summed E-state index contributed by atoms with van der Waals surface area (Å²) in [4.78, 5) is 2.37. The van der Waals surface area contributed by atoms with Crippen molar-refractivity contribution in [1.82, 2.24) is 15.1 Å². The molecule has 2 aromatic carbocycles. The van der Waals surface area contributed by atoms with Crippen LogP contribution in [-0.4, -0.2) is 28.2 Å². The molecule has 0 amide bonds. The molecule has 5 heteroatoms. The first-order valence-electron chi connectivity index (χ1n) is 8.99. The van der Waals surface area contributed by atoms with Gasteiger partial charge in [0.1, 0.15) is 12.4 Å². The van der Waals surface area contributed by atoms with Gasteiger partial charge in [0.2, 0.25) is 11.8 Å². The van der Waals surface area contributed by atoms with E-state index >= 15 is 0 Å². The van der Waals surface area contributed by atoms with Crippen molar-refractivity contribution in [2.45, 2.75) is 32.9 Å². The molecule has 0 saturated heterocycles. The van der Waals surface area contributed by atoms with Crippen LogP contribution >= 0.6 is 0 Å². The van der Waals surface area contributed by atoms with Crippen LogP contribution in [0.3, 0.4) is 0 Å². The molecule has 1 aliphatic rings. The highest BCUT2D eigenvalue weighted by Gasteiger charge is 2.30. The van der Waals surface area contributed by atoms with E-state index in [4.69, 9.17) is 9.15 Å². The van der Waals surface area contributed by atoms with Crippen molar-refractivity contribution in [2.24, 2.45) is 0 Å². The Balaban J connectivity index is 1.49. The summed E-state index contributed by atoms with van der Waals surface area (Å²) in [5.74, 6) is 2.20. The van der Waals surface area contributed by atoms with E-state index in [0.717, 1.165) is 25.3 Å². The summed E-state index contributed by atoms with van der Waals surface area (Å²) in [6.45, 7) is 6.18. The lowest BCUT2D eigenvalue weighted by molar-refractivity contribution is 0.120. The van der Waals surface area contributed by atoms with Gasteiger partial charge in [-0.3, -0.25) is 4.90 Å². The number of nitrogens with zero attached hydrogens (tertiary/aromatic N) is 3. The van der Waals surface area contributed by atoms with Gasteiger partial charge in [0.25, 0.3) is 0 Å². The summed E-state index contributed by atoms with van der Waals surface area (Å²) in [7, 11) is 0. The van der Waals surface area contributed by atoms with E-state index in [0.29, 0.717) is 18.4 Å². The average molecular weight is 349 g/mol. The Morgan fingerprint density at radius 2 is 1.92 bits per heavy atom. The molecule has 0 fully saturated rings. The van der Waals surface area contributed by atoms with E-state index in [1.807, 2.05) is 19.1 Å². The number of aryl methyl sites for hydroxylation is 2. The van der Waals surface area contributed by atoms with Crippen molar-refractivity contribution in [1.29, 1.82) is 0 Å². The molecule has 1 aromatic heterocycles. The van der Waals surface area contributed by atoms with Gasteiger partial charge in [0.05, 0.1) is 6.04 Å². The standard InChI is InChI=1S/C21H23N3O2/c1-15-6-5-9-19(12-15)25-11-10-24-14-18-8-4-3-7-17(18)13-20(24)21-23-22-16(2)26-21/h3-9,12,20H,10-11,13-14H2,1-2H3. The highest BCUT2D eigenvalue weighted by atomic mass is 16.5. The van der Waals surface area contributed by atoms with Crippen LogP contribution in [0.2, 0.25) is 0 Å². The molecular weight excluding hydrogens is 326 g/mol. The minimum Gasteiger partial charge on any atom is -0.492 e. The SMILES string of the molecule is Cc1cccc(OCCN2Cc3ccccc3CC2c2nnc(C)o2)c1. The summed E-state index contributed by atoms with van der Waals surface area (Å²) in [5, 5.41) is 8.29. The molecule has 26 heavy (non-hydrogen) atoms. The molecule has 0 bridgehead atoms. The Morgan fingerprint density at radius 3 is 2.69 bits per heavy atom. The third-order valence-corrected chi connectivity index (χ3v) is 4.81. The molecule has 1 atom stereocenters. The van der Waals surface area contributed by atoms with Crippen molar-refractivity contribution < 1.29 is 9.15 Å². The molecule has 1 unspecified atom stereocenters. The molecule has 5 nitrogen and oxygen atoms in total. The Bertz CT molecular complexity index is 890. The predicted octanol–water partition coefficient (Wildman–Crippen LogP) is 3.86. The van der Waals surface area contributed by atoms with Gasteiger partial charge in [0, 0.05) is 20.0 Å². The van der Waals surface area contributed by atoms with E-state index in [-0.39, 0.29) is 6.04 Å². The van der Waals surface area contributed by atoms with Crippen LogP contribution in [0, 0.1) is 13.8 Å². The topological polar surface area (TPSA) is 51.4 Å². The summed E-state index contributed by atoms with van der Waals surface area (Å²) >= 11 is 0. The molecule has 0 radical (unpaired) electrons. The molecule has 4 rings (SSSR count). The fraction of sp³-hybridized carbons (Fsp3) is 0.333. The normalized spacial score (nSPS) is 17.1. The lowest BCUT2D eigenvalue weighted by atomic mass is 9.94. The van der Waals surface area contributed by atoms with Crippen LogP contribution < -0.4 is 4.74 Å². The number of rotatable bonds is 5. The van der Waals surface area contributed by atoms with Crippen LogP contribution in [-0.2, 0) is 13.0 Å². The lowest BCUT2D eigenvalue weighted by Gasteiger charge is -2.34. The zero-order valence-corrected chi connectivity index (χ0v) is 15.2. The van der Waals surface area contributed by atoms with Crippen molar-refractivity contribution in [2.75, 3.05) is 13.2 Å². The maximum absolute atomic E-state index is 5.96. The molecule has 2 heterocycles. The van der Waals surface area contributed by atoms with Crippen LogP contribution in [0.1, 0.15) is 34.5 Å². The van der Waals surface area contributed by atoms with E-state index in [2.05, 4.69) is 58.4 Å². The molecule has 3 aromatic rings. The molecule has 0 N–H and O–H groups in total. The van der Waals surface area contributed by atoms with Crippen LogP contribution in [0.15, 0.2) is 52.9 Å². The fourth-order valence-electron chi connectivity index (χ4n) is 3.49. The first-order chi connectivity index (χ1) is 12.7. The van der Waals surface area contributed by atoms with E-state index < -0.39 is 0 Å². The van der Waals surface area contributed by atoms with Crippen molar-refractivity contribution in [3.05, 3.63) is 77.0 Å². The van der Waals surface area contributed by atoms with Crippen LogP contribution in [0.4, 0.5) is 0 Å². The number of aromatic nitrogens is 2. The fourth-order valence-corrected chi connectivity index (χ4v) is 3.49. The molecule has 0 spiro atoms. The molecule has 1 aliphatic heterocycles. The monoisotopic (exact) mass is 349 g/mol. The van der Waals surface area contributed by atoms with Crippen molar-refractivity contribution in [3.63, 3.8) is 0 Å². The minimum atomic E-state index is 0.0900. The van der Waals surface area contributed by atoms with E-state index in [9.17, 15) is 0 Å². The number of benzene rings is 2. The highest BCUT2D eigenvalue weighted by Crippen LogP contribution is 2.32. The molecular formula is C21H23N3O2. The van der Waals surface area contributed by atoms with Gasteiger partial charge in [-0.25, -0.2) is 0 Å². The van der Waals surface area contributed by atoms with Gasteiger partial charge >= 0.3 is 0 Å². The summed E-state index contributed by atoms with van der Waals surface area (Å²) in [5.41, 5.74) is 3.91. The smallest absolute Gasteiger partial charge is 0.233 e. The van der Waals surface area contributed by atoms with Gasteiger partial charge in [-0.15, -0.1) is 10.2 Å². The van der Waals surface area contributed by atoms with Crippen molar-refractivity contribution >= 4 is 0 Å². The van der Waals surface area contributed by atoms with Crippen LogP contribution in [0.5, 0.6) is 5.75 Å². The van der Waals surface area contributed by atoms with Gasteiger partial charge < -0.3 is 9.15 Å². The second kappa shape index (κ2) is 7.30. The zero-order valence-electron chi connectivity index (χ0n) is 15.2. The third kappa shape index (κ3) is 3.63. The maximum atomic E-state index is 5.96. The molecule has 0 aliphatic carbocycles. The first-order valence-corrected chi connectivity index (χ1v) is 8.99. The second-order valence-corrected chi connectivity index (χ2v) is 6.78. The maximum Gasteiger partial charge on any atom is 0.233 e. The second-order valence-electron chi connectivity index (χ2n) is 6.78. The Morgan fingerprint density at radius 1 is 1.08 bits per heavy atom. The Hall–Kier alpha value is -2.66. The number of hydrogen-bond acceptors (Lipinski definition) is 5. The Labute approximate surface area is 153 Å². The summed E-state index contributed by atoms with van der Waals surface area (Å²) < 4.78 is 11.7. The van der Waals surface area contributed by atoms with Crippen molar-refractivity contribution in [3.8, 4) is 5.75 Å². The number of hydrogen-bond donors (Lipinski definition) is 0. The van der Waals surface area contributed by atoms with Crippen LogP contribution in [0.25, 0.3) is 0 Å². The summed E-state index contributed by atoms with van der Waals surface area (Å²) in [6, 6.07) is 16.8. The first kappa shape index (κ1) is 16.8. The Kier molecular flexibility index (Phi) is 4.71. The largest absolute Gasteiger partial charge is 0.492 e. The number of ether oxygens (including phenoxy) is 1. The van der Waals surface area contributed by atoms with Gasteiger partial charge in [-0.05, 0) is 42.2 Å². The predicted molar refractivity (Wildman–Crippen MR) is 99.0 cm³/mol. The van der Waals surface area contributed by atoms with Gasteiger partial charge in [-0.2, -0.15) is 0 Å². The van der Waals surface area contributed by atoms with E-state index in [1.165, 1.54) is 16.7 Å². The molecule has 134 valence electrons. The lowest BCUT2D eigenvalue weighted by Crippen LogP contribution is -2.37. The average Bonchev–Trinajstić information content (AvgIpc) is 3.07. The van der Waals surface area contributed by atoms with E-state index in [1.54, 1.807) is 0 Å². The highest BCUT2D eigenvalue weighted by molar-refractivity contribution is 5.31. The molecule has 0 saturated carbocycles. The third-order valence-electron chi connectivity index (χ3n) is 4.81. The van der Waals surface area contributed by atoms with Gasteiger partial charge in [-0.1, -0.05) is 36.4 Å². The van der Waals surface area contributed by atoms with Gasteiger partial charge in [0.15, 0.2) is 0 Å². The quantitative estimate of drug-likeness (QED) is 0.700. The zero-order chi connectivity index (χ0) is 17.9.